The van der Waals surface area contributed by atoms with Crippen molar-refractivity contribution in [3.05, 3.63) is 30.0 Å². The maximum Gasteiger partial charge on any atom is 0.165 e. The van der Waals surface area contributed by atoms with Gasteiger partial charge in [0.05, 0.1) is 25.3 Å². The number of nitrogens with two attached hydrogens (primary N) is 1. The summed E-state index contributed by atoms with van der Waals surface area (Å²) >= 11 is 0. The standard InChI is InChI=1S/C13H13N3O3/c1-18-9-3-4-10(11(5-9)19-2)13-15-6-8(7-17)12(14)16-13/h3-7H,1-2H3,(H2,14,15,16). The van der Waals surface area contributed by atoms with Gasteiger partial charge in [0.2, 0.25) is 0 Å². The summed E-state index contributed by atoms with van der Waals surface area (Å²) in [6, 6.07) is 5.26. The van der Waals surface area contributed by atoms with Crippen molar-refractivity contribution in [2.24, 2.45) is 0 Å². The lowest BCUT2D eigenvalue weighted by Crippen LogP contribution is -2.01. The molecule has 0 fully saturated rings. The van der Waals surface area contributed by atoms with Crippen molar-refractivity contribution in [1.29, 1.82) is 0 Å². The fourth-order valence-electron chi connectivity index (χ4n) is 1.61. The first-order valence-electron chi connectivity index (χ1n) is 5.49. The van der Waals surface area contributed by atoms with Crippen molar-refractivity contribution in [3.8, 4) is 22.9 Å². The summed E-state index contributed by atoms with van der Waals surface area (Å²) in [5.74, 6) is 1.76. The average molecular weight is 259 g/mol. The van der Waals surface area contributed by atoms with Crippen LogP contribution >= 0.6 is 0 Å². The van der Waals surface area contributed by atoms with Gasteiger partial charge in [-0.15, -0.1) is 0 Å². The first-order valence-corrected chi connectivity index (χ1v) is 5.49. The number of hydrogen-bond donors (Lipinski definition) is 1. The van der Waals surface area contributed by atoms with Crippen molar-refractivity contribution in [1.82, 2.24) is 9.97 Å². The number of benzene rings is 1. The Bertz CT molecular complexity index is 614. The van der Waals surface area contributed by atoms with E-state index in [0.29, 0.717) is 29.2 Å². The van der Waals surface area contributed by atoms with Crippen LogP contribution in [0.5, 0.6) is 11.5 Å². The van der Waals surface area contributed by atoms with E-state index in [1.54, 1.807) is 32.4 Å². The molecule has 0 atom stereocenters. The molecule has 98 valence electrons. The highest BCUT2D eigenvalue weighted by Crippen LogP contribution is 2.31. The number of carbonyl (C=O) groups excluding carboxylic acids is 1. The van der Waals surface area contributed by atoms with E-state index in [2.05, 4.69) is 9.97 Å². The van der Waals surface area contributed by atoms with Crippen LogP contribution in [0.4, 0.5) is 5.82 Å². The van der Waals surface area contributed by atoms with Crippen LogP contribution < -0.4 is 15.2 Å². The molecule has 0 aliphatic carbocycles. The van der Waals surface area contributed by atoms with Gasteiger partial charge in [0.1, 0.15) is 17.3 Å². The molecule has 0 saturated carbocycles. The van der Waals surface area contributed by atoms with Crippen LogP contribution in [0, 0.1) is 0 Å². The Kier molecular flexibility index (Phi) is 3.61. The fourth-order valence-corrected chi connectivity index (χ4v) is 1.61. The maximum absolute atomic E-state index is 10.7. The minimum absolute atomic E-state index is 0.137. The van der Waals surface area contributed by atoms with Crippen molar-refractivity contribution in [2.75, 3.05) is 20.0 Å². The van der Waals surface area contributed by atoms with Crippen LogP contribution in [-0.4, -0.2) is 30.5 Å². The fraction of sp³-hybridized carbons (Fsp3) is 0.154. The second kappa shape index (κ2) is 5.34. The zero-order chi connectivity index (χ0) is 13.8. The lowest BCUT2D eigenvalue weighted by atomic mass is 10.1. The van der Waals surface area contributed by atoms with Crippen molar-refractivity contribution in [2.45, 2.75) is 0 Å². The zero-order valence-corrected chi connectivity index (χ0v) is 10.6. The highest BCUT2D eigenvalue weighted by Gasteiger charge is 2.11. The first-order chi connectivity index (χ1) is 9.19. The number of aromatic nitrogens is 2. The molecule has 0 unspecified atom stereocenters. The molecule has 2 rings (SSSR count). The van der Waals surface area contributed by atoms with Gasteiger partial charge in [-0.1, -0.05) is 0 Å². The van der Waals surface area contributed by atoms with E-state index in [0.717, 1.165) is 0 Å². The van der Waals surface area contributed by atoms with E-state index in [1.807, 2.05) is 0 Å². The van der Waals surface area contributed by atoms with Gasteiger partial charge in [-0.05, 0) is 12.1 Å². The van der Waals surface area contributed by atoms with Crippen molar-refractivity contribution in [3.63, 3.8) is 0 Å². The van der Waals surface area contributed by atoms with Gasteiger partial charge in [0.15, 0.2) is 12.1 Å². The summed E-state index contributed by atoms with van der Waals surface area (Å²) in [4.78, 5) is 18.9. The molecule has 0 aliphatic heterocycles. The third kappa shape index (κ3) is 2.47. The summed E-state index contributed by atoms with van der Waals surface area (Å²) in [7, 11) is 3.11. The number of hydrogen-bond acceptors (Lipinski definition) is 6. The van der Waals surface area contributed by atoms with E-state index >= 15 is 0 Å². The number of anilines is 1. The second-order valence-electron chi connectivity index (χ2n) is 3.72. The van der Waals surface area contributed by atoms with Gasteiger partial charge in [0, 0.05) is 12.3 Å². The predicted molar refractivity (Wildman–Crippen MR) is 70.4 cm³/mol. The summed E-state index contributed by atoms with van der Waals surface area (Å²) in [6.07, 6.45) is 2.00. The van der Waals surface area contributed by atoms with Crippen LogP contribution in [0.15, 0.2) is 24.4 Å². The minimum Gasteiger partial charge on any atom is -0.497 e. The quantitative estimate of drug-likeness (QED) is 0.838. The van der Waals surface area contributed by atoms with E-state index < -0.39 is 0 Å². The van der Waals surface area contributed by atoms with Crippen molar-refractivity contribution >= 4 is 12.1 Å². The van der Waals surface area contributed by atoms with E-state index in [1.165, 1.54) is 6.20 Å². The largest absolute Gasteiger partial charge is 0.497 e. The Balaban J connectivity index is 2.52. The van der Waals surface area contributed by atoms with Gasteiger partial charge >= 0.3 is 0 Å². The minimum atomic E-state index is 0.137. The van der Waals surface area contributed by atoms with Gasteiger partial charge in [0.25, 0.3) is 0 Å². The van der Waals surface area contributed by atoms with Gasteiger partial charge in [-0.3, -0.25) is 4.79 Å². The van der Waals surface area contributed by atoms with E-state index in [9.17, 15) is 4.79 Å². The smallest absolute Gasteiger partial charge is 0.165 e. The molecule has 2 aromatic rings. The number of methoxy groups -OCH3 is 2. The molecule has 0 aliphatic rings. The summed E-state index contributed by atoms with van der Waals surface area (Å²) < 4.78 is 10.4. The molecule has 0 radical (unpaired) electrons. The Labute approximate surface area is 110 Å². The van der Waals surface area contributed by atoms with E-state index in [-0.39, 0.29) is 11.4 Å². The molecular weight excluding hydrogens is 246 g/mol. The van der Waals surface area contributed by atoms with Gasteiger partial charge in [-0.25, -0.2) is 9.97 Å². The zero-order valence-electron chi connectivity index (χ0n) is 10.6. The maximum atomic E-state index is 10.7. The number of rotatable bonds is 4. The van der Waals surface area contributed by atoms with Gasteiger partial charge < -0.3 is 15.2 Å². The summed E-state index contributed by atoms with van der Waals surface area (Å²) in [6.45, 7) is 0. The highest BCUT2D eigenvalue weighted by atomic mass is 16.5. The Morgan fingerprint density at radius 1 is 1.26 bits per heavy atom. The number of ether oxygens (including phenoxy) is 2. The lowest BCUT2D eigenvalue weighted by Gasteiger charge is -2.09. The molecule has 1 aromatic heterocycles. The normalized spacial score (nSPS) is 10.0. The van der Waals surface area contributed by atoms with Crippen LogP contribution in [0.1, 0.15) is 10.4 Å². The SMILES string of the molecule is COc1ccc(-c2ncc(C=O)c(N)n2)c(OC)c1. The second-order valence-corrected chi connectivity index (χ2v) is 3.72. The Morgan fingerprint density at radius 3 is 2.63 bits per heavy atom. The number of aldehydes is 1. The molecule has 0 saturated heterocycles. The predicted octanol–water partition coefficient (Wildman–Crippen LogP) is 1.56. The average Bonchev–Trinajstić information content (AvgIpc) is 2.46. The molecule has 0 bridgehead atoms. The van der Waals surface area contributed by atoms with E-state index in [4.69, 9.17) is 15.2 Å². The molecule has 6 nitrogen and oxygen atoms in total. The van der Waals surface area contributed by atoms with Crippen molar-refractivity contribution < 1.29 is 14.3 Å². The number of nitrogen functional groups attached to an aromatic ring is 1. The lowest BCUT2D eigenvalue weighted by molar-refractivity contribution is 0.112. The summed E-state index contributed by atoms with van der Waals surface area (Å²) in [5, 5.41) is 0. The van der Waals surface area contributed by atoms with Crippen LogP contribution in [0.25, 0.3) is 11.4 Å². The third-order valence-electron chi connectivity index (χ3n) is 2.62. The van der Waals surface area contributed by atoms with Crippen LogP contribution in [0.2, 0.25) is 0 Å². The number of carbonyl (C=O) groups is 1. The molecule has 6 heteroatoms. The Hall–Kier alpha value is -2.63. The third-order valence-corrected chi connectivity index (χ3v) is 2.62. The first kappa shape index (κ1) is 12.8. The Morgan fingerprint density at radius 2 is 2.05 bits per heavy atom. The summed E-state index contributed by atoms with van der Waals surface area (Å²) in [5.41, 5.74) is 6.60. The topological polar surface area (TPSA) is 87.3 Å². The van der Waals surface area contributed by atoms with Crippen LogP contribution in [-0.2, 0) is 0 Å². The molecule has 19 heavy (non-hydrogen) atoms. The highest BCUT2D eigenvalue weighted by molar-refractivity contribution is 5.82. The monoisotopic (exact) mass is 259 g/mol. The molecular formula is C13H13N3O3. The molecule has 1 heterocycles. The van der Waals surface area contributed by atoms with Gasteiger partial charge in [-0.2, -0.15) is 0 Å². The molecule has 0 spiro atoms. The molecule has 0 amide bonds. The molecule has 2 N–H and O–H groups in total. The number of nitrogens with zero attached hydrogens (tertiary/aromatic N) is 2. The van der Waals surface area contributed by atoms with Crippen LogP contribution in [0.3, 0.4) is 0 Å². The molecule has 1 aromatic carbocycles.